The molecular formula is C18H18ClN5O. The van der Waals surface area contributed by atoms with E-state index in [2.05, 4.69) is 25.2 Å². The first kappa shape index (κ1) is 15.9. The Kier molecular flexibility index (Phi) is 4.29. The zero-order valence-electron chi connectivity index (χ0n) is 13.5. The van der Waals surface area contributed by atoms with Crippen molar-refractivity contribution in [3.05, 3.63) is 65.3 Å². The van der Waals surface area contributed by atoms with Crippen LogP contribution in [0.3, 0.4) is 0 Å². The number of nitrogens with one attached hydrogen (secondary N) is 3. The van der Waals surface area contributed by atoms with Crippen molar-refractivity contribution in [3.8, 4) is 11.3 Å². The third-order valence-corrected chi connectivity index (χ3v) is 4.57. The van der Waals surface area contributed by atoms with Gasteiger partial charge in [0.05, 0.1) is 12.6 Å². The minimum absolute atomic E-state index is 0.00484. The maximum Gasteiger partial charge on any atom is 0.268 e. The number of imidazole rings is 1. The molecule has 0 bridgehead atoms. The average molecular weight is 356 g/mol. The predicted octanol–water partition coefficient (Wildman–Crippen LogP) is 2.43. The standard InChI is InChI=1S/C18H18ClN5O/c19-13-3-1-12(2-4-13)15-5-6-16(23-15)18(25)22-14-9-20-10-17-21-7-8-24(17)11-14/h1-8,14,20,23H,9-11H2,(H,22,25). The summed E-state index contributed by atoms with van der Waals surface area (Å²) in [5.41, 5.74) is 2.42. The van der Waals surface area contributed by atoms with Crippen LogP contribution in [0.25, 0.3) is 11.3 Å². The molecular weight excluding hydrogens is 338 g/mol. The van der Waals surface area contributed by atoms with Crippen molar-refractivity contribution in [1.82, 2.24) is 25.2 Å². The monoisotopic (exact) mass is 355 g/mol. The number of hydrogen-bond acceptors (Lipinski definition) is 3. The topological polar surface area (TPSA) is 74.7 Å². The summed E-state index contributed by atoms with van der Waals surface area (Å²) >= 11 is 5.92. The van der Waals surface area contributed by atoms with E-state index >= 15 is 0 Å². The van der Waals surface area contributed by atoms with Crippen LogP contribution in [0.1, 0.15) is 16.3 Å². The largest absolute Gasteiger partial charge is 0.351 e. The molecule has 0 fully saturated rings. The zero-order valence-corrected chi connectivity index (χ0v) is 14.3. The van der Waals surface area contributed by atoms with Crippen molar-refractivity contribution in [1.29, 1.82) is 0 Å². The smallest absolute Gasteiger partial charge is 0.268 e. The Hall–Kier alpha value is -2.57. The summed E-state index contributed by atoms with van der Waals surface area (Å²) in [6.45, 7) is 2.13. The average Bonchev–Trinajstić information content (AvgIpc) is 3.22. The van der Waals surface area contributed by atoms with Crippen LogP contribution in [0.4, 0.5) is 0 Å². The lowest BCUT2D eigenvalue weighted by Gasteiger charge is -2.16. The third-order valence-electron chi connectivity index (χ3n) is 4.31. The Labute approximate surface area is 150 Å². The molecule has 4 rings (SSSR count). The molecule has 7 heteroatoms. The molecule has 0 saturated carbocycles. The molecule has 25 heavy (non-hydrogen) atoms. The summed E-state index contributed by atoms with van der Waals surface area (Å²) in [5, 5.41) is 7.08. The van der Waals surface area contributed by atoms with Gasteiger partial charge in [-0.05, 0) is 29.8 Å². The first-order chi connectivity index (χ1) is 12.2. The molecule has 1 atom stereocenters. The Morgan fingerprint density at radius 2 is 2.08 bits per heavy atom. The van der Waals surface area contributed by atoms with Crippen molar-refractivity contribution in [2.24, 2.45) is 0 Å². The molecule has 6 nitrogen and oxygen atoms in total. The summed E-state index contributed by atoms with van der Waals surface area (Å²) in [7, 11) is 0. The molecule has 2 aromatic heterocycles. The van der Waals surface area contributed by atoms with Crippen LogP contribution in [-0.4, -0.2) is 33.0 Å². The number of halogens is 1. The lowest BCUT2D eigenvalue weighted by molar-refractivity contribution is 0.0929. The highest BCUT2D eigenvalue weighted by atomic mass is 35.5. The molecule has 3 heterocycles. The molecule has 3 aromatic rings. The Balaban J connectivity index is 1.46. The number of benzene rings is 1. The number of fused-ring (bicyclic) bond motifs is 1. The van der Waals surface area contributed by atoms with E-state index in [0.29, 0.717) is 30.4 Å². The highest BCUT2D eigenvalue weighted by Gasteiger charge is 2.19. The summed E-state index contributed by atoms with van der Waals surface area (Å²) in [6.07, 6.45) is 3.72. The van der Waals surface area contributed by atoms with Crippen LogP contribution < -0.4 is 10.6 Å². The van der Waals surface area contributed by atoms with E-state index in [9.17, 15) is 4.79 Å². The van der Waals surface area contributed by atoms with E-state index < -0.39 is 0 Å². The van der Waals surface area contributed by atoms with Crippen LogP contribution in [0, 0.1) is 0 Å². The van der Waals surface area contributed by atoms with Gasteiger partial charge in [0, 0.05) is 36.2 Å². The van der Waals surface area contributed by atoms with E-state index in [-0.39, 0.29) is 11.9 Å². The molecule has 0 radical (unpaired) electrons. The summed E-state index contributed by atoms with van der Waals surface area (Å²) in [6, 6.07) is 11.2. The molecule has 1 amide bonds. The van der Waals surface area contributed by atoms with Gasteiger partial charge in [-0.1, -0.05) is 23.7 Å². The molecule has 0 saturated heterocycles. The van der Waals surface area contributed by atoms with Gasteiger partial charge in [-0.2, -0.15) is 0 Å². The van der Waals surface area contributed by atoms with E-state index in [0.717, 1.165) is 17.1 Å². The van der Waals surface area contributed by atoms with Gasteiger partial charge in [0.2, 0.25) is 0 Å². The van der Waals surface area contributed by atoms with Crippen LogP contribution in [0.5, 0.6) is 0 Å². The Morgan fingerprint density at radius 1 is 1.24 bits per heavy atom. The fourth-order valence-corrected chi connectivity index (χ4v) is 3.14. The molecule has 128 valence electrons. The van der Waals surface area contributed by atoms with Crippen molar-refractivity contribution >= 4 is 17.5 Å². The van der Waals surface area contributed by atoms with Gasteiger partial charge in [-0.25, -0.2) is 4.98 Å². The number of aromatic nitrogens is 3. The highest BCUT2D eigenvalue weighted by Crippen LogP contribution is 2.21. The Morgan fingerprint density at radius 3 is 2.92 bits per heavy atom. The SMILES string of the molecule is O=C(NC1CNCc2nccn2C1)c1ccc(-c2ccc(Cl)cc2)[nH]1. The lowest BCUT2D eigenvalue weighted by Crippen LogP contribution is -2.42. The molecule has 3 N–H and O–H groups in total. The van der Waals surface area contributed by atoms with Gasteiger partial charge in [-0.15, -0.1) is 0 Å². The lowest BCUT2D eigenvalue weighted by atomic mass is 10.2. The molecule has 1 unspecified atom stereocenters. The maximum absolute atomic E-state index is 12.6. The minimum atomic E-state index is -0.115. The second-order valence-electron chi connectivity index (χ2n) is 6.09. The van der Waals surface area contributed by atoms with Gasteiger partial charge < -0.3 is 20.2 Å². The van der Waals surface area contributed by atoms with Crippen molar-refractivity contribution in [2.45, 2.75) is 19.1 Å². The Bertz CT molecular complexity index is 883. The van der Waals surface area contributed by atoms with Gasteiger partial charge >= 0.3 is 0 Å². The van der Waals surface area contributed by atoms with Gasteiger partial charge in [0.15, 0.2) is 0 Å². The molecule has 0 aliphatic carbocycles. The van der Waals surface area contributed by atoms with E-state index in [1.807, 2.05) is 36.5 Å². The second-order valence-corrected chi connectivity index (χ2v) is 6.53. The summed E-state index contributed by atoms with van der Waals surface area (Å²) < 4.78 is 2.07. The number of rotatable bonds is 3. The van der Waals surface area contributed by atoms with Crippen molar-refractivity contribution in [2.75, 3.05) is 6.54 Å². The van der Waals surface area contributed by atoms with Crippen LogP contribution in [0.15, 0.2) is 48.8 Å². The number of hydrogen-bond donors (Lipinski definition) is 3. The number of carbonyl (C=O) groups excluding carboxylic acids is 1. The van der Waals surface area contributed by atoms with Crippen LogP contribution in [0.2, 0.25) is 5.02 Å². The first-order valence-corrected chi connectivity index (χ1v) is 8.53. The summed E-state index contributed by atoms with van der Waals surface area (Å²) in [4.78, 5) is 20.0. The number of amides is 1. The van der Waals surface area contributed by atoms with Crippen LogP contribution in [-0.2, 0) is 13.1 Å². The van der Waals surface area contributed by atoms with Gasteiger partial charge in [-0.3, -0.25) is 4.79 Å². The molecule has 1 aliphatic rings. The second kappa shape index (κ2) is 6.74. The van der Waals surface area contributed by atoms with E-state index in [4.69, 9.17) is 11.6 Å². The fraction of sp³-hybridized carbons (Fsp3) is 0.222. The van der Waals surface area contributed by atoms with E-state index in [1.54, 1.807) is 12.3 Å². The molecule has 1 aliphatic heterocycles. The van der Waals surface area contributed by atoms with Crippen molar-refractivity contribution < 1.29 is 4.79 Å². The molecule has 1 aromatic carbocycles. The number of H-pyrrole nitrogens is 1. The van der Waals surface area contributed by atoms with Crippen LogP contribution >= 0.6 is 11.6 Å². The van der Waals surface area contributed by atoms with Gasteiger partial charge in [0.1, 0.15) is 11.5 Å². The number of aromatic amines is 1. The number of nitrogens with zero attached hydrogens (tertiary/aromatic N) is 2. The van der Waals surface area contributed by atoms with Gasteiger partial charge in [0.25, 0.3) is 5.91 Å². The van der Waals surface area contributed by atoms with Crippen molar-refractivity contribution in [3.63, 3.8) is 0 Å². The third kappa shape index (κ3) is 3.45. The fourth-order valence-electron chi connectivity index (χ4n) is 3.02. The minimum Gasteiger partial charge on any atom is -0.351 e. The molecule has 0 spiro atoms. The zero-order chi connectivity index (χ0) is 17.2. The maximum atomic E-state index is 12.6. The predicted molar refractivity (Wildman–Crippen MR) is 96.4 cm³/mol. The highest BCUT2D eigenvalue weighted by molar-refractivity contribution is 6.30. The summed E-state index contributed by atoms with van der Waals surface area (Å²) in [5.74, 6) is 0.872. The first-order valence-electron chi connectivity index (χ1n) is 8.15. The quantitative estimate of drug-likeness (QED) is 0.675. The van der Waals surface area contributed by atoms with E-state index in [1.165, 1.54) is 0 Å². The number of carbonyl (C=O) groups is 1. The normalized spacial score (nSPS) is 16.9.